The van der Waals surface area contributed by atoms with Crippen LogP contribution in [0.2, 0.25) is 0 Å². The number of nitrogens with two attached hydrogens (primary N) is 1. The second kappa shape index (κ2) is 3.82. The van der Waals surface area contributed by atoms with Gasteiger partial charge in [0.2, 0.25) is 5.78 Å². The average molecular weight is 221 g/mol. The fourth-order valence-corrected chi connectivity index (χ4v) is 1.96. The molecule has 0 saturated heterocycles. The maximum absolute atomic E-state index is 12.6. The first-order chi connectivity index (χ1) is 7.16. The number of hydrogen-bond donors (Lipinski definition) is 1. The number of carbonyl (C=O) groups excluding carboxylic acids is 1. The van der Waals surface area contributed by atoms with E-state index in [4.69, 9.17) is 5.73 Å². The van der Waals surface area contributed by atoms with E-state index in [0.717, 1.165) is 0 Å². The molecule has 4 heteroatoms. The molecule has 0 bridgehead atoms. The number of nitrogen functional groups attached to an aromatic ring is 1. The number of ketones is 1. The highest BCUT2D eigenvalue weighted by molar-refractivity contribution is 7.17. The van der Waals surface area contributed by atoms with Gasteiger partial charge < -0.3 is 5.73 Å². The number of hydrogen-bond acceptors (Lipinski definition) is 3. The minimum Gasteiger partial charge on any atom is -0.391 e. The Balaban J connectivity index is 2.32. The highest BCUT2D eigenvalue weighted by atomic mass is 32.1. The number of carbonyl (C=O) groups is 1. The minimum atomic E-state index is -0.350. The zero-order valence-corrected chi connectivity index (χ0v) is 8.55. The van der Waals surface area contributed by atoms with Gasteiger partial charge in [-0.2, -0.15) is 0 Å². The van der Waals surface area contributed by atoms with Crippen molar-refractivity contribution in [2.24, 2.45) is 0 Å². The summed E-state index contributed by atoms with van der Waals surface area (Å²) in [6.45, 7) is 0. The van der Waals surface area contributed by atoms with Gasteiger partial charge in [-0.15, -0.1) is 11.3 Å². The van der Waals surface area contributed by atoms with Crippen LogP contribution >= 0.6 is 11.3 Å². The van der Waals surface area contributed by atoms with Crippen molar-refractivity contribution in [2.45, 2.75) is 0 Å². The van der Waals surface area contributed by atoms with Gasteiger partial charge in [0.15, 0.2) is 0 Å². The van der Waals surface area contributed by atoms with Crippen molar-refractivity contribution >= 4 is 22.1 Å². The standard InChI is InChI=1S/C11H8FNOS/c12-8-3-1-7(2-4-8)11(14)9-5-6-10(13)15-9/h1-6H,13H2. The van der Waals surface area contributed by atoms with Gasteiger partial charge in [0, 0.05) is 5.56 Å². The first kappa shape index (κ1) is 9.86. The summed E-state index contributed by atoms with van der Waals surface area (Å²) in [5.41, 5.74) is 6.00. The molecule has 0 saturated carbocycles. The maximum atomic E-state index is 12.6. The highest BCUT2D eigenvalue weighted by Crippen LogP contribution is 2.21. The van der Waals surface area contributed by atoms with Crippen molar-refractivity contribution < 1.29 is 9.18 Å². The summed E-state index contributed by atoms with van der Waals surface area (Å²) in [4.78, 5) is 12.4. The minimum absolute atomic E-state index is 0.128. The molecule has 15 heavy (non-hydrogen) atoms. The number of rotatable bonds is 2. The topological polar surface area (TPSA) is 43.1 Å². The molecule has 0 aliphatic heterocycles. The molecule has 0 atom stereocenters. The zero-order valence-electron chi connectivity index (χ0n) is 7.74. The van der Waals surface area contributed by atoms with Crippen molar-refractivity contribution in [3.05, 3.63) is 52.7 Å². The van der Waals surface area contributed by atoms with E-state index in [1.165, 1.54) is 35.6 Å². The third-order valence-electron chi connectivity index (χ3n) is 1.96. The van der Waals surface area contributed by atoms with Crippen LogP contribution in [0.15, 0.2) is 36.4 Å². The van der Waals surface area contributed by atoms with E-state index >= 15 is 0 Å². The van der Waals surface area contributed by atoms with E-state index in [0.29, 0.717) is 15.4 Å². The molecule has 1 aromatic carbocycles. The Bertz CT molecular complexity index is 490. The summed E-state index contributed by atoms with van der Waals surface area (Å²) in [6.07, 6.45) is 0. The molecule has 0 aliphatic carbocycles. The SMILES string of the molecule is Nc1ccc(C(=O)c2ccc(F)cc2)s1. The molecule has 1 heterocycles. The summed E-state index contributed by atoms with van der Waals surface area (Å²) in [5.74, 6) is -0.478. The van der Waals surface area contributed by atoms with E-state index in [1.807, 2.05) is 0 Å². The number of benzene rings is 1. The lowest BCUT2D eigenvalue weighted by Gasteiger charge is -1.96. The first-order valence-electron chi connectivity index (χ1n) is 4.32. The van der Waals surface area contributed by atoms with E-state index < -0.39 is 0 Å². The summed E-state index contributed by atoms with van der Waals surface area (Å²) < 4.78 is 12.6. The van der Waals surface area contributed by atoms with Crippen LogP contribution in [0.5, 0.6) is 0 Å². The zero-order chi connectivity index (χ0) is 10.8. The molecule has 2 nitrogen and oxygen atoms in total. The maximum Gasteiger partial charge on any atom is 0.203 e. The largest absolute Gasteiger partial charge is 0.391 e. The van der Waals surface area contributed by atoms with E-state index in [1.54, 1.807) is 12.1 Å². The molecule has 1 aromatic heterocycles. The van der Waals surface area contributed by atoms with Crippen LogP contribution in [0.25, 0.3) is 0 Å². The van der Waals surface area contributed by atoms with Gasteiger partial charge >= 0.3 is 0 Å². The van der Waals surface area contributed by atoms with Gasteiger partial charge in [-0.3, -0.25) is 4.79 Å². The molecule has 0 unspecified atom stereocenters. The van der Waals surface area contributed by atoms with Gasteiger partial charge in [0.05, 0.1) is 9.88 Å². The Hall–Kier alpha value is -1.68. The second-order valence-corrected chi connectivity index (χ2v) is 4.15. The third-order valence-corrected chi connectivity index (χ3v) is 2.87. The smallest absolute Gasteiger partial charge is 0.203 e. The molecule has 2 N–H and O–H groups in total. The normalized spacial score (nSPS) is 10.2. The fraction of sp³-hybridized carbons (Fsp3) is 0. The summed E-state index contributed by atoms with van der Waals surface area (Å²) in [6, 6.07) is 8.82. The van der Waals surface area contributed by atoms with Crippen LogP contribution in [0, 0.1) is 5.82 Å². The Kier molecular flexibility index (Phi) is 2.51. The van der Waals surface area contributed by atoms with Crippen LogP contribution in [-0.4, -0.2) is 5.78 Å². The Morgan fingerprint density at radius 1 is 1.13 bits per heavy atom. The molecule has 2 aromatic rings. The lowest BCUT2D eigenvalue weighted by Crippen LogP contribution is -1.97. The van der Waals surface area contributed by atoms with Gasteiger partial charge in [-0.1, -0.05) is 0 Å². The van der Waals surface area contributed by atoms with Crippen molar-refractivity contribution in [1.82, 2.24) is 0 Å². The van der Waals surface area contributed by atoms with Crippen LogP contribution in [0.3, 0.4) is 0 Å². The molecule has 0 spiro atoms. The van der Waals surface area contributed by atoms with Crippen molar-refractivity contribution in [2.75, 3.05) is 5.73 Å². The molecule has 0 radical (unpaired) electrons. The van der Waals surface area contributed by atoms with E-state index in [9.17, 15) is 9.18 Å². The number of thiophene rings is 1. The van der Waals surface area contributed by atoms with Gasteiger partial charge in [0.1, 0.15) is 5.82 Å². The molecular weight excluding hydrogens is 213 g/mol. The number of halogens is 1. The third kappa shape index (κ3) is 2.05. The monoisotopic (exact) mass is 221 g/mol. The molecular formula is C11H8FNOS. The van der Waals surface area contributed by atoms with Crippen LogP contribution in [-0.2, 0) is 0 Å². The molecule has 0 fully saturated rings. The first-order valence-corrected chi connectivity index (χ1v) is 5.14. The second-order valence-electron chi connectivity index (χ2n) is 3.04. The van der Waals surface area contributed by atoms with Gasteiger partial charge in [0.25, 0.3) is 0 Å². The summed E-state index contributed by atoms with van der Waals surface area (Å²) in [5, 5.41) is 0.598. The van der Waals surface area contributed by atoms with Gasteiger partial charge in [-0.05, 0) is 36.4 Å². The average Bonchev–Trinajstić information content (AvgIpc) is 2.65. The molecule has 2 rings (SSSR count). The fourth-order valence-electron chi connectivity index (χ4n) is 1.22. The van der Waals surface area contributed by atoms with Crippen LogP contribution in [0.4, 0.5) is 9.39 Å². The van der Waals surface area contributed by atoms with Crippen molar-refractivity contribution in [3.63, 3.8) is 0 Å². The number of anilines is 1. The lowest BCUT2D eigenvalue weighted by atomic mass is 10.1. The molecule has 76 valence electrons. The van der Waals surface area contributed by atoms with E-state index in [2.05, 4.69) is 0 Å². The van der Waals surface area contributed by atoms with Crippen LogP contribution < -0.4 is 5.73 Å². The predicted molar refractivity (Wildman–Crippen MR) is 58.6 cm³/mol. The van der Waals surface area contributed by atoms with Crippen LogP contribution in [0.1, 0.15) is 15.2 Å². The Labute approximate surface area is 90.2 Å². The summed E-state index contributed by atoms with van der Waals surface area (Å²) in [7, 11) is 0. The van der Waals surface area contributed by atoms with Crippen molar-refractivity contribution in [3.8, 4) is 0 Å². The lowest BCUT2D eigenvalue weighted by molar-refractivity contribution is 0.104. The predicted octanol–water partition coefficient (Wildman–Crippen LogP) is 2.70. The Morgan fingerprint density at radius 3 is 2.33 bits per heavy atom. The molecule has 0 aliphatic rings. The van der Waals surface area contributed by atoms with E-state index in [-0.39, 0.29) is 11.6 Å². The summed E-state index contributed by atoms with van der Waals surface area (Å²) >= 11 is 1.23. The van der Waals surface area contributed by atoms with Crippen molar-refractivity contribution in [1.29, 1.82) is 0 Å². The quantitative estimate of drug-likeness (QED) is 0.792. The highest BCUT2D eigenvalue weighted by Gasteiger charge is 2.10. The van der Waals surface area contributed by atoms with Gasteiger partial charge in [-0.25, -0.2) is 4.39 Å². The molecule has 0 amide bonds. The Morgan fingerprint density at radius 2 is 1.80 bits per heavy atom.